The Kier molecular flexibility index (Phi) is 8.35. The van der Waals surface area contributed by atoms with Crippen molar-refractivity contribution in [2.75, 3.05) is 11.9 Å². The predicted octanol–water partition coefficient (Wildman–Crippen LogP) is 4.45. The van der Waals surface area contributed by atoms with E-state index in [2.05, 4.69) is 25.6 Å². The normalized spacial score (nSPS) is 16.0. The van der Waals surface area contributed by atoms with Gasteiger partial charge in [-0.3, -0.25) is 4.79 Å². The van der Waals surface area contributed by atoms with Crippen LogP contribution < -0.4 is 9.50 Å². The summed E-state index contributed by atoms with van der Waals surface area (Å²) in [5.74, 6) is 1.50. The van der Waals surface area contributed by atoms with E-state index in [1.54, 1.807) is 17.7 Å². The van der Waals surface area contributed by atoms with Crippen LogP contribution in [0.3, 0.4) is 0 Å². The van der Waals surface area contributed by atoms with Gasteiger partial charge < -0.3 is 14.2 Å². The molecule has 1 fully saturated rings. The maximum absolute atomic E-state index is 13.1. The maximum Gasteiger partial charge on any atom is 0.534 e. The summed E-state index contributed by atoms with van der Waals surface area (Å²) in [5, 5.41) is 16.5. The van der Waals surface area contributed by atoms with Crippen molar-refractivity contribution in [1.29, 1.82) is 5.26 Å². The van der Waals surface area contributed by atoms with Gasteiger partial charge in [-0.1, -0.05) is 12.6 Å². The van der Waals surface area contributed by atoms with Crippen LogP contribution in [-0.4, -0.2) is 48.0 Å². The Balaban J connectivity index is 2.05. The number of rotatable bonds is 8. The van der Waals surface area contributed by atoms with Crippen molar-refractivity contribution in [3.8, 4) is 11.7 Å². The second kappa shape index (κ2) is 10.8. The van der Waals surface area contributed by atoms with Crippen molar-refractivity contribution in [1.82, 2.24) is 14.8 Å². The fourth-order valence-corrected chi connectivity index (χ4v) is 4.83. The van der Waals surface area contributed by atoms with Crippen molar-refractivity contribution in [2.24, 2.45) is 5.41 Å². The number of nitriles is 1. The Morgan fingerprint density at radius 1 is 1.26 bits per heavy atom. The first-order chi connectivity index (χ1) is 17.6. The number of nitrogens with zero attached hydrogens (tertiary/aromatic N) is 4. The van der Waals surface area contributed by atoms with Crippen molar-refractivity contribution in [3.05, 3.63) is 30.1 Å². The van der Waals surface area contributed by atoms with E-state index in [-0.39, 0.29) is 31.3 Å². The molecule has 1 aliphatic heterocycles. The minimum Gasteiger partial charge on any atom is -0.466 e. The molecule has 3 rings (SSSR count). The number of halogens is 3. The topological polar surface area (TPSA) is 136 Å². The van der Waals surface area contributed by atoms with E-state index in [1.165, 1.54) is 6.20 Å². The molecule has 0 unspecified atom stereocenters. The molecule has 206 valence electrons. The summed E-state index contributed by atoms with van der Waals surface area (Å²) in [7, 11) is -5.96. The summed E-state index contributed by atoms with van der Waals surface area (Å²) in [6.07, 6.45) is 2.94. The van der Waals surface area contributed by atoms with Crippen LogP contribution in [0.15, 0.2) is 24.4 Å². The number of aromatic nitrogens is 3. The Labute approximate surface area is 219 Å². The maximum atomic E-state index is 13.1. The monoisotopic (exact) mass is 555 g/mol. The number of pyridine rings is 1. The molecule has 10 nitrogen and oxygen atoms in total. The van der Waals surface area contributed by atoms with Gasteiger partial charge >= 0.3 is 21.6 Å². The van der Waals surface area contributed by atoms with Gasteiger partial charge in [-0.2, -0.15) is 26.7 Å². The van der Waals surface area contributed by atoms with Gasteiger partial charge in [0.25, 0.3) is 6.71 Å². The van der Waals surface area contributed by atoms with Gasteiger partial charge in [0, 0.05) is 36.3 Å². The highest BCUT2D eigenvalue weighted by Crippen LogP contribution is 2.42. The number of esters is 1. The van der Waals surface area contributed by atoms with Crippen molar-refractivity contribution in [2.45, 2.75) is 70.6 Å². The number of hydrogen-bond donors (Lipinski definition) is 1. The number of carbonyl (C=O) groups is 1. The molecule has 3 heterocycles. The molecule has 0 saturated carbocycles. The fraction of sp³-hybridized carbons (Fsp3) is 0.565. The van der Waals surface area contributed by atoms with E-state index in [9.17, 15) is 31.6 Å². The van der Waals surface area contributed by atoms with Crippen LogP contribution in [0.5, 0.6) is 5.75 Å². The Morgan fingerprint density at radius 3 is 2.47 bits per heavy atom. The summed E-state index contributed by atoms with van der Waals surface area (Å²) in [4.78, 5) is 17.5. The molecule has 0 radical (unpaired) electrons. The third kappa shape index (κ3) is 6.58. The molecule has 0 spiro atoms. The molecule has 15 heteroatoms. The van der Waals surface area contributed by atoms with Crippen LogP contribution in [0.1, 0.15) is 46.2 Å². The second-order valence-corrected chi connectivity index (χ2v) is 11.7. The lowest BCUT2D eigenvalue weighted by molar-refractivity contribution is -0.156. The molecule has 0 amide bonds. The van der Waals surface area contributed by atoms with Crippen LogP contribution in [0.2, 0.25) is 12.6 Å². The SMILES string of the molecule is CCOC(=O)C1(Cc2cc(OS(=O)(=O)C(F)(F)F)cc(Nc3ccnn3C(C)(C)C)n2)CCB(C#N)CC1. The minimum atomic E-state index is -5.96. The van der Waals surface area contributed by atoms with E-state index in [4.69, 9.17) is 4.74 Å². The van der Waals surface area contributed by atoms with E-state index in [1.807, 2.05) is 20.8 Å². The number of anilines is 2. The number of hydrogen-bond acceptors (Lipinski definition) is 9. The largest absolute Gasteiger partial charge is 0.534 e. The molecule has 2 aromatic rings. The molecular weight excluding hydrogens is 526 g/mol. The molecule has 0 atom stereocenters. The van der Waals surface area contributed by atoms with Crippen LogP contribution in [-0.2, 0) is 31.6 Å². The van der Waals surface area contributed by atoms with Crippen LogP contribution >= 0.6 is 0 Å². The zero-order valence-electron chi connectivity index (χ0n) is 21.5. The first kappa shape index (κ1) is 29.3. The highest BCUT2D eigenvalue weighted by Gasteiger charge is 2.49. The minimum absolute atomic E-state index is 0.00871. The highest BCUT2D eigenvalue weighted by atomic mass is 32.2. The summed E-state index contributed by atoms with van der Waals surface area (Å²) < 4.78 is 74.0. The number of nitrogens with one attached hydrogen (secondary N) is 1. The first-order valence-electron chi connectivity index (χ1n) is 12.0. The van der Waals surface area contributed by atoms with Gasteiger partial charge in [-0.05, 0) is 40.5 Å². The molecule has 1 N–H and O–H groups in total. The first-order valence-corrected chi connectivity index (χ1v) is 13.4. The zero-order valence-corrected chi connectivity index (χ0v) is 22.3. The lowest BCUT2D eigenvalue weighted by atomic mass is 9.39. The number of alkyl halides is 3. The molecule has 0 bridgehead atoms. The lowest BCUT2D eigenvalue weighted by Crippen LogP contribution is -2.40. The summed E-state index contributed by atoms with van der Waals surface area (Å²) >= 11 is 0. The molecular formula is C23H29BF3N5O5S. The molecule has 1 aliphatic rings. The van der Waals surface area contributed by atoms with Crippen molar-refractivity contribution in [3.63, 3.8) is 0 Å². The van der Waals surface area contributed by atoms with Gasteiger partial charge in [0.2, 0.25) is 0 Å². The number of carbonyl (C=O) groups excluding carboxylic acids is 1. The predicted molar refractivity (Wildman–Crippen MR) is 133 cm³/mol. The molecule has 2 aromatic heterocycles. The second-order valence-electron chi connectivity index (χ2n) is 10.2. The van der Waals surface area contributed by atoms with E-state index in [0.717, 1.165) is 12.1 Å². The molecule has 0 aliphatic carbocycles. The lowest BCUT2D eigenvalue weighted by Gasteiger charge is -2.35. The van der Waals surface area contributed by atoms with E-state index in [0.29, 0.717) is 31.3 Å². The van der Waals surface area contributed by atoms with Crippen molar-refractivity contribution < 1.29 is 35.3 Å². The Hall–Kier alpha value is -3.28. The number of ether oxygens (including phenoxy) is 1. The van der Waals surface area contributed by atoms with Gasteiger partial charge in [0.1, 0.15) is 17.4 Å². The molecule has 0 aromatic carbocycles. The summed E-state index contributed by atoms with van der Waals surface area (Å²) in [6.45, 7) is 7.21. The summed E-state index contributed by atoms with van der Waals surface area (Å²) in [6, 6.07) is 3.71. The fourth-order valence-electron chi connectivity index (χ4n) is 4.38. The Bertz CT molecular complexity index is 1310. The van der Waals surface area contributed by atoms with Gasteiger partial charge in [-0.15, -0.1) is 0 Å². The van der Waals surface area contributed by atoms with Gasteiger partial charge in [0.05, 0.1) is 23.8 Å². The van der Waals surface area contributed by atoms with Crippen LogP contribution in [0.4, 0.5) is 24.8 Å². The third-order valence-electron chi connectivity index (χ3n) is 6.23. The average Bonchev–Trinajstić information content (AvgIpc) is 3.27. The van der Waals surface area contributed by atoms with E-state index < -0.39 is 38.3 Å². The average molecular weight is 555 g/mol. The van der Waals surface area contributed by atoms with Crippen LogP contribution in [0, 0.1) is 16.6 Å². The van der Waals surface area contributed by atoms with Gasteiger partial charge in [-0.25, -0.2) is 14.9 Å². The van der Waals surface area contributed by atoms with Crippen molar-refractivity contribution >= 4 is 34.4 Å². The third-order valence-corrected chi connectivity index (χ3v) is 7.21. The smallest absolute Gasteiger partial charge is 0.466 e. The Morgan fingerprint density at radius 2 is 1.92 bits per heavy atom. The molecule has 1 saturated heterocycles. The summed E-state index contributed by atoms with van der Waals surface area (Å²) in [5.41, 5.74) is -7.07. The molecule has 38 heavy (non-hydrogen) atoms. The van der Waals surface area contributed by atoms with E-state index >= 15 is 0 Å². The van der Waals surface area contributed by atoms with Gasteiger partial charge in [0.15, 0.2) is 0 Å². The standard InChI is InChI=1S/C23H29BF3N5O5S/c1-5-36-20(33)22(7-9-24(15-28)10-8-22)14-16-12-17(37-38(34,35)23(25,26)27)13-18(30-16)31-19-6-11-29-32(19)21(2,3)4/h6,11-13H,5,7-10,14H2,1-4H3,(H,30,31). The van der Waals surface area contributed by atoms with Crippen LogP contribution in [0.25, 0.3) is 0 Å². The quantitative estimate of drug-likeness (QED) is 0.217. The zero-order chi connectivity index (χ0) is 28.4. The highest BCUT2D eigenvalue weighted by molar-refractivity contribution is 7.88.